The number of aryl methyl sites for hydroxylation is 1. The lowest BCUT2D eigenvalue weighted by molar-refractivity contribution is 0.949. The third kappa shape index (κ3) is 3.20. The number of anilines is 1. The first kappa shape index (κ1) is 12.8. The van der Waals surface area contributed by atoms with Gasteiger partial charge in [0.05, 0.1) is 6.21 Å². The minimum atomic E-state index is 0.178. The number of nitrogens with one attached hydrogen (secondary N) is 1. The molecule has 0 aromatic heterocycles. The SMILES string of the molecule is Cc1cc(N2CCCC2)ccc1/C=N\NC(N)=S. The third-order valence-electron chi connectivity index (χ3n) is 3.10. The second kappa shape index (κ2) is 5.82. The largest absolute Gasteiger partial charge is 0.375 e. The second-order valence-electron chi connectivity index (χ2n) is 4.47. The van der Waals surface area contributed by atoms with E-state index in [1.165, 1.54) is 24.1 Å². The summed E-state index contributed by atoms with van der Waals surface area (Å²) in [5, 5.41) is 4.15. The number of nitrogens with two attached hydrogens (primary N) is 1. The van der Waals surface area contributed by atoms with Gasteiger partial charge in [-0.2, -0.15) is 5.10 Å². The van der Waals surface area contributed by atoms with Crippen LogP contribution in [0.2, 0.25) is 0 Å². The van der Waals surface area contributed by atoms with Crippen molar-refractivity contribution in [3.63, 3.8) is 0 Å². The molecule has 1 fully saturated rings. The van der Waals surface area contributed by atoms with Crippen LogP contribution in [0.4, 0.5) is 5.69 Å². The van der Waals surface area contributed by atoms with E-state index in [9.17, 15) is 0 Å². The lowest BCUT2D eigenvalue weighted by Gasteiger charge is -2.18. The van der Waals surface area contributed by atoms with Crippen LogP contribution in [0.1, 0.15) is 24.0 Å². The maximum absolute atomic E-state index is 5.30. The van der Waals surface area contributed by atoms with Crippen LogP contribution in [0.5, 0.6) is 0 Å². The summed E-state index contributed by atoms with van der Waals surface area (Å²) in [6.07, 6.45) is 4.32. The van der Waals surface area contributed by atoms with E-state index < -0.39 is 0 Å². The van der Waals surface area contributed by atoms with Crippen LogP contribution in [0, 0.1) is 6.92 Å². The molecule has 96 valence electrons. The number of nitrogens with zero attached hydrogens (tertiary/aromatic N) is 2. The van der Waals surface area contributed by atoms with Crippen LogP contribution in [0.3, 0.4) is 0 Å². The Morgan fingerprint density at radius 3 is 2.78 bits per heavy atom. The number of hydrazone groups is 1. The molecule has 1 saturated heterocycles. The smallest absolute Gasteiger partial charge is 0.184 e. The predicted octanol–water partition coefficient (Wildman–Crippen LogP) is 1.76. The van der Waals surface area contributed by atoms with Crippen molar-refractivity contribution in [1.29, 1.82) is 0 Å². The first-order valence-electron chi connectivity index (χ1n) is 6.11. The fourth-order valence-electron chi connectivity index (χ4n) is 2.14. The zero-order valence-electron chi connectivity index (χ0n) is 10.5. The summed E-state index contributed by atoms with van der Waals surface area (Å²) >= 11 is 4.68. The van der Waals surface area contributed by atoms with Crippen LogP contribution >= 0.6 is 12.2 Å². The number of rotatable bonds is 3. The highest BCUT2D eigenvalue weighted by Gasteiger charge is 2.12. The predicted molar refractivity (Wildman–Crippen MR) is 80.1 cm³/mol. The zero-order chi connectivity index (χ0) is 13.0. The van der Waals surface area contributed by atoms with Crippen molar-refractivity contribution in [1.82, 2.24) is 5.43 Å². The van der Waals surface area contributed by atoms with Crippen LogP contribution in [-0.2, 0) is 0 Å². The van der Waals surface area contributed by atoms with Crippen molar-refractivity contribution in [3.8, 4) is 0 Å². The molecule has 0 spiro atoms. The Morgan fingerprint density at radius 1 is 1.44 bits per heavy atom. The van der Waals surface area contributed by atoms with Gasteiger partial charge in [0.1, 0.15) is 0 Å². The first-order chi connectivity index (χ1) is 8.66. The maximum Gasteiger partial charge on any atom is 0.184 e. The molecular weight excluding hydrogens is 244 g/mol. The van der Waals surface area contributed by atoms with Crippen molar-refractivity contribution in [2.45, 2.75) is 19.8 Å². The third-order valence-corrected chi connectivity index (χ3v) is 3.19. The average Bonchev–Trinajstić information content (AvgIpc) is 2.84. The standard InChI is InChI=1S/C13H18N4S/c1-10-8-12(17-6-2-3-7-17)5-4-11(10)9-15-16-13(14)18/h4-5,8-9H,2-3,6-7H2,1H3,(H3,14,16,18)/b15-9-. The summed E-state index contributed by atoms with van der Waals surface area (Å²) in [7, 11) is 0. The van der Waals surface area contributed by atoms with E-state index in [1.807, 2.05) is 0 Å². The molecule has 18 heavy (non-hydrogen) atoms. The van der Waals surface area contributed by atoms with E-state index in [1.54, 1.807) is 6.21 Å². The fourth-order valence-corrected chi connectivity index (χ4v) is 2.19. The molecule has 0 saturated carbocycles. The molecule has 1 aliphatic rings. The molecule has 2 rings (SSSR count). The lowest BCUT2D eigenvalue weighted by Crippen LogP contribution is -2.24. The number of benzene rings is 1. The molecule has 5 heteroatoms. The molecule has 1 aromatic rings. The summed E-state index contributed by atoms with van der Waals surface area (Å²) in [4.78, 5) is 2.42. The quantitative estimate of drug-likeness (QED) is 0.495. The Bertz CT molecular complexity index is 464. The molecule has 1 heterocycles. The van der Waals surface area contributed by atoms with Gasteiger partial charge >= 0.3 is 0 Å². The van der Waals surface area contributed by atoms with Gasteiger partial charge in [-0.1, -0.05) is 6.07 Å². The molecule has 0 bridgehead atoms. The Balaban J connectivity index is 2.09. The molecule has 1 aromatic carbocycles. The summed E-state index contributed by atoms with van der Waals surface area (Å²) in [6, 6.07) is 6.42. The van der Waals surface area contributed by atoms with E-state index in [4.69, 9.17) is 5.73 Å². The molecule has 0 amide bonds. The van der Waals surface area contributed by atoms with Gasteiger partial charge < -0.3 is 10.6 Å². The normalized spacial score (nSPS) is 15.3. The van der Waals surface area contributed by atoms with E-state index in [0.717, 1.165) is 18.7 Å². The Morgan fingerprint density at radius 2 is 2.17 bits per heavy atom. The van der Waals surface area contributed by atoms with Gasteiger partial charge in [0.2, 0.25) is 0 Å². The summed E-state index contributed by atoms with van der Waals surface area (Å²) < 4.78 is 0. The Hall–Kier alpha value is -1.62. The van der Waals surface area contributed by atoms with Crippen molar-refractivity contribution in [3.05, 3.63) is 29.3 Å². The zero-order valence-corrected chi connectivity index (χ0v) is 11.3. The second-order valence-corrected chi connectivity index (χ2v) is 4.91. The van der Waals surface area contributed by atoms with Crippen LogP contribution in [0.25, 0.3) is 0 Å². The molecule has 3 N–H and O–H groups in total. The van der Waals surface area contributed by atoms with Crippen molar-refractivity contribution in [2.75, 3.05) is 18.0 Å². The van der Waals surface area contributed by atoms with E-state index in [-0.39, 0.29) is 5.11 Å². The number of thiocarbonyl (C=S) groups is 1. The molecule has 0 radical (unpaired) electrons. The highest BCUT2D eigenvalue weighted by molar-refractivity contribution is 7.80. The average molecular weight is 262 g/mol. The minimum Gasteiger partial charge on any atom is -0.375 e. The summed E-state index contributed by atoms with van der Waals surface area (Å²) in [5.41, 5.74) is 11.4. The monoisotopic (exact) mass is 262 g/mol. The summed E-state index contributed by atoms with van der Waals surface area (Å²) in [6.45, 7) is 4.41. The van der Waals surface area contributed by atoms with E-state index in [2.05, 4.69) is 52.8 Å². The highest BCUT2D eigenvalue weighted by atomic mass is 32.1. The number of hydrogen-bond acceptors (Lipinski definition) is 3. The molecule has 1 aliphatic heterocycles. The lowest BCUT2D eigenvalue weighted by atomic mass is 10.1. The van der Waals surface area contributed by atoms with Gasteiger partial charge in [-0.25, -0.2) is 0 Å². The van der Waals surface area contributed by atoms with Crippen molar-refractivity contribution >= 4 is 29.2 Å². The molecule has 0 atom stereocenters. The van der Waals surface area contributed by atoms with Crippen LogP contribution in [-0.4, -0.2) is 24.4 Å². The van der Waals surface area contributed by atoms with Gasteiger partial charge in [-0.3, -0.25) is 5.43 Å². The molecule has 0 aliphatic carbocycles. The van der Waals surface area contributed by atoms with Gasteiger partial charge in [0.15, 0.2) is 5.11 Å². The Labute approximate surface area is 113 Å². The van der Waals surface area contributed by atoms with E-state index in [0.29, 0.717) is 0 Å². The first-order valence-corrected chi connectivity index (χ1v) is 6.52. The fraction of sp³-hybridized carbons (Fsp3) is 0.385. The van der Waals surface area contributed by atoms with Gasteiger partial charge in [-0.15, -0.1) is 0 Å². The summed E-state index contributed by atoms with van der Waals surface area (Å²) in [5.74, 6) is 0. The Kier molecular flexibility index (Phi) is 4.15. The van der Waals surface area contributed by atoms with Crippen molar-refractivity contribution < 1.29 is 0 Å². The molecule has 4 nitrogen and oxygen atoms in total. The molecule has 0 unspecified atom stereocenters. The van der Waals surface area contributed by atoms with Gasteiger partial charge in [0.25, 0.3) is 0 Å². The highest BCUT2D eigenvalue weighted by Crippen LogP contribution is 2.22. The van der Waals surface area contributed by atoms with Gasteiger partial charge in [0, 0.05) is 18.8 Å². The maximum atomic E-state index is 5.30. The van der Waals surface area contributed by atoms with Crippen molar-refractivity contribution in [2.24, 2.45) is 10.8 Å². The van der Waals surface area contributed by atoms with Gasteiger partial charge in [-0.05, 0) is 55.2 Å². The topological polar surface area (TPSA) is 53.6 Å². The minimum absolute atomic E-state index is 0.178. The van der Waals surface area contributed by atoms with Crippen LogP contribution in [0.15, 0.2) is 23.3 Å². The van der Waals surface area contributed by atoms with E-state index >= 15 is 0 Å². The number of hydrogen-bond donors (Lipinski definition) is 2. The van der Waals surface area contributed by atoms with Crippen LogP contribution < -0.4 is 16.1 Å². The molecular formula is C13H18N4S.